The Labute approximate surface area is 193 Å². The van der Waals surface area contributed by atoms with Gasteiger partial charge >= 0.3 is 6.18 Å². The predicted molar refractivity (Wildman–Crippen MR) is 119 cm³/mol. The molecule has 0 spiro atoms. The highest BCUT2D eigenvalue weighted by Gasteiger charge is 2.35. The van der Waals surface area contributed by atoms with Gasteiger partial charge in [0.1, 0.15) is 11.4 Å². The molecule has 0 bridgehead atoms. The lowest BCUT2D eigenvalue weighted by molar-refractivity contribution is -0.137. The minimum absolute atomic E-state index is 0.115. The molecule has 3 N–H and O–H groups in total. The van der Waals surface area contributed by atoms with Crippen LogP contribution in [0, 0.1) is 0 Å². The molecule has 0 unspecified atom stereocenters. The number of fused-ring (bicyclic) bond motifs is 1. The van der Waals surface area contributed by atoms with Gasteiger partial charge in [-0.3, -0.25) is 4.79 Å². The molecule has 186 valence electrons. The number of nitrogens with one attached hydrogen (secondary N) is 3. The zero-order valence-electron chi connectivity index (χ0n) is 18.0. The first-order valence-corrected chi connectivity index (χ1v) is 13.4. The van der Waals surface area contributed by atoms with E-state index in [0.29, 0.717) is 23.1 Å². The molecule has 0 aliphatic carbocycles. The Morgan fingerprint density at radius 3 is 2.44 bits per heavy atom. The number of alkyl halides is 3. The zero-order chi connectivity index (χ0) is 25.3. The van der Waals surface area contributed by atoms with Gasteiger partial charge in [-0.1, -0.05) is 3.71 Å². The number of hydrogen-bond donors (Lipinski definition) is 3. The maximum absolute atomic E-state index is 13.4. The number of aromatic nitrogens is 2. The Hall–Kier alpha value is -2.98. The van der Waals surface area contributed by atoms with E-state index in [1.54, 1.807) is 18.2 Å². The van der Waals surface area contributed by atoms with Crippen molar-refractivity contribution in [1.82, 2.24) is 13.7 Å². The zero-order valence-corrected chi connectivity index (χ0v) is 19.6. The molecule has 1 aliphatic heterocycles. The minimum atomic E-state index is -4.77. The summed E-state index contributed by atoms with van der Waals surface area (Å²) >= 11 is 0. The van der Waals surface area contributed by atoms with Crippen LogP contribution < -0.4 is 16.0 Å². The summed E-state index contributed by atoms with van der Waals surface area (Å²) in [6.07, 6.45) is -2.69. The third-order valence-corrected chi connectivity index (χ3v) is 8.10. The van der Waals surface area contributed by atoms with Crippen molar-refractivity contribution in [3.8, 4) is 0 Å². The van der Waals surface area contributed by atoms with E-state index in [9.17, 15) is 34.8 Å². The molecule has 1 aliphatic rings. The van der Waals surface area contributed by atoms with E-state index >= 15 is 0 Å². The van der Waals surface area contributed by atoms with Crippen molar-refractivity contribution in [2.24, 2.45) is 0 Å². The highest BCUT2D eigenvalue weighted by molar-refractivity contribution is 8.03. The van der Waals surface area contributed by atoms with Crippen LogP contribution in [0.25, 0.3) is 0 Å². The molecule has 34 heavy (non-hydrogen) atoms. The second-order valence-corrected chi connectivity index (χ2v) is 11.5. The van der Waals surface area contributed by atoms with Gasteiger partial charge in [-0.15, -0.1) is 0 Å². The van der Waals surface area contributed by atoms with Crippen LogP contribution in [0.2, 0.25) is 0 Å². The number of benzene rings is 1. The molecule has 0 radical (unpaired) electrons. The fourth-order valence-electron chi connectivity index (χ4n) is 3.21. The third-order valence-electron chi connectivity index (χ3n) is 4.63. The van der Waals surface area contributed by atoms with Crippen molar-refractivity contribution < 1.29 is 34.8 Å². The largest absolute Gasteiger partial charge is 0.421 e. The van der Waals surface area contributed by atoms with Crippen LogP contribution in [-0.2, 0) is 37.4 Å². The Morgan fingerprint density at radius 2 is 1.82 bits per heavy atom. The van der Waals surface area contributed by atoms with Crippen LogP contribution in [0.15, 0.2) is 24.4 Å². The summed E-state index contributed by atoms with van der Waals surface area (Å²) in [5, 5.41) is 7.92. The molecule has 0 atom stereocenters. The summed E-state index contributed by atoms with van der Waals surface area (Å²) in [6.45, 7) is -0.655. The number of nitrogens with zero attached hydrogens (tertiary/aromatic N) is 3. The quantitative estimate of drug-likeness (QED) is 0.419. The lowest BCUT2D eigenvalue weighted by Crippen LogP contribution is -2.36. The smallest absolute Gasteiger partial charge is 0.369 e. The second-order valence-electron chi connectivity index (χ2n) is 7.48. The topological polar surface area (TPSA) is 150 Å². The maximum atomic E-state index is 13.4. The number of halogens is 3. The molecular formula is C18H21F3N6O5S2. The fraction of sp³-hybridized carbons (Fsp3) is 0.389. The van der Waals surface area contributed by atoms with Crippen LogP contribution in [-0.4, -0.2) is 62.0 Å². The summed E-state index contributed by atoms with van der Waals surface area (Å²) in [5.41, 5.74) is 0.660. The Morgan fingerprint density at radius 1 is 1.15 bits per heavy atom. The van der Waals surface area contributed by atoms with Gasteiger partial charge in [0.05, 0.1) is 18.9 Å². The Kier molecular flexibility index (Phi) is 7.05. The molecule has 0 saturated carbocycles. The van der Waals surface area contributed by atoms with Crippen molar-refractivity contribution in [3.05, 3.63) is 35.5 Å². The van der Waals surface area contributed by atoms with E-state index < -0.39 is 44.1 Å². The Balaban J connectivity index is 1.75. The average molecular weight is 523 g/mol. The summed E-state index contributed by atoms with van der Waals surface area (Å²) in [4.78, 5) is 19.1. The lowest BCUT2D eigenvalue weighted by Gasteiger charge is -2.18. The molecule has 0 fully saturated rings. The molecular weight excluding hydrogens is 501 g/mol. The molecule has 16 heteroatoms. The van der Waals surface area contributed by atoms with E-state index in [0.717, 1.165) is 12.5 Å². The molecule has 3 rings (SSSR count). The van der Waals surface area contributed by atoms with E-state index in [1.807, 2.05) is 0 Å². The van der Waals surface area contributed by atoms with Crippen LogP contribution in [0.1, 0.15) is 17.5 Å². The van der Waals surface area contributed by atoms with Gasteiger partial charge in [0.25, 0.3) is 0 Å². The third kappa shape index (κ3) is 6.32. The van der Waals surface area contributed by atoms with Crippen LogP contribution >= 0.6 is 0 Å². The highest BCUT2D eigenvalue weighted by atomic mass is 32.3. The van der Waals surface area contributed by atoms with Gasteiger partial charge < -0.3 is 16.0 Å². The van der Waals surface area contributed by atoms with Crippen molar-refractivity contribution in [1.29, 1.82) is 0 Å². The summed E-state index contributed by atoms with van der Waals surface area (Å²) in [7, 11) is -8.14. The lowest BCUT2D eigenvalue weighted by atomic mass is 10.1. The maximum Gasteiger partial charge on any atom is 0.421 e. The van der Waals surface area contributed by atoms with E-state index in [2.05, 4.69) is 25.9 Å². The van der Waals surface area contributed by atoms with Gasteiger partial charge in [-0.25, -0.2) is 21.8 Å². The predicted octanol–water partition coefficient (Wildman–Crippen LogP) is 1.76. The molecule has 1 aromatic heterocycles. The highest BCUT2D eigenvalue weighted by Crippen LogP contribution is 2.34. The molecule has 1 amide bonds. The molecule has 0 saturated heterocycles. The van der Waals surface area contributed by atoms with Crippen molar-refractivity contribution >= 4 is 49.1 Å². The van der Waals surface area contributed by atoms with Gasteiger partial charge in [0.2, 0.25) is 31.9 Å². The normalized spacial score (nSPS) is 14.1. The molecule has 2 heterocycles. The minimum Gasteiger partial charge on any atom is -0.369 e. The van der Waals surface area contributed by atoms with E-state index in [1.165, 1.54) is 0 Å². The average Bonchev–Trinajstić information content (AvgIpc) is 3.04. The SMILES string of the molecule is CS(=O)(=O)N(CCCNc1nc(Nc2ccc3c(c2)CC(=O)N3)ncc1C(F)(F)F)S(C)(=O)=O. The molecule has 11 nitrogen and oxygen atoms in total. The number of anilines is 4. The molecule has 1 aromatic carbocycles. The summed E-state index contributed by atoms with van der Waals surface area (Å²) in [6, 6.07) is 4.89. The van der Waals surface area contributed by atoms with Gasteiger partial charge in [-0.05, 0) is 30.2 Å². The number of carbonyl (C=O) groups excluding carboxylic acids is 1. The first-order chi connectivity index (χ1) is 15.6. The first kappa shape index (κ1) is 25.6. The van der Waals surface area contributed by atoms with Crippen molar-refractivity contribution in [2.45, 2.75) is 19.0 Å². The Bertz CT molecular complexity index is 1280. The van der Waals surface area contributed by atoms with E-state index in [-0.39, 0.29) is 35.0 Å². The van der Waals surface area contributed by atoms with Gasteiger partial charge in [0.15, 0.2) is 0 Å². The van der Waals surface area contributed by atoms with Crippen LogP contribution in [0.4, 0.5) is 36.3 Å². The second kappa shape index (κ2) is 9.34. The number of carbonyl (C=O) groups is 1. The van der Waals surface area contributed by atoms with Crippen molar-refractivity contribution in [2.75, 3.05) is 41.6 Å². The number of rotatable bonds is 9. The monoisotopic (exact) mass is 522 g/mol. The van der Waals surface area contributed by atoms with Gasteiger partial charge in [0, 0.05) is 30.7 Å². The number of hydrogen-bond acceptors (Lipinski definition) is 9. The van der Waals surface area contributed by atoms with Crippen LogP contribution in [0.5, 0.6) is 0 Å². The fourth-order valence-corrected chi connectivity index (χ4v) is 6.10. The van der Waals surface area contributed by atoms with Gasteiger partial charge in [-0.2, -0.15) is 18.2 Å². The van der Waals surface area contributed by atoms with Crippen molar-refractivity contribution in [3.63, 3.8) is 0 Å². The van der Waals surface area contributed by atoms with E-state index in [4.69, 9.17) is 0 Å². The summed E-state index contributed by atoms with van der Waals surface area (Å²) in [5.74, 6) is -0.885. The summed E-state index contributed by atoms with van der Waals surface area (Å²) < 4.78 is 87.1. The standard InChI is InChI=1S/C18H21F3N6O5S2/c1-33(29,30)27(34(2,31)32)7-3-6-22-16-13(18(19,20)21)10-23-17(26-16)24-12-4-5-14-11(8-12)9-15(28)25-14/h4-5,8,10H,3,6-7,9H2,1-2H3,(H,25,28)(H2,22,23,24,26). The number of amides is 1. The molecule has 2 aromatic rings. The first-order valence-electron chi connectivity index (χ1n) is 9.70. The number of sulfonamides is 2. The van der Waals surface area contributed by atoms with Crippen LogP contribution in [0.3, 0.4) is 0 Å².